The molecule has 3 rings (SSSR count). The summed E-state index contributed by atoms with van der Waals surface area (Å²) in [5, 5.41) is 7.77. The van der Waals surface area contributed by atoms with Gasteiger partial charge in [0.1, 0.15) is 0 Å². The van der Waals surface area contributed by atoms with E-state index >= 15 is 0 Å². The monoisotopic (exact) mass is 341 g/mol. The van der Waals surface area contributed by atoms with Gasteiger partial charge in [-0.2, -0.15) is 13.2 Å². The second-order valence-electron chi connectivity index (χ2n) is 6.20. The fourth-order valence-corrected chi connectivity index (χ4v) is 2.66. The minimum Gasteiger partial charge on any atom is -0.351 e. The summed E-state index contributed by atoms with van der Waals surface area (Å²) in [4.78, 5) is 23.2. The van der Waals surface area contributed by atoms with Crippen LogP contribution in [0.25, 0.3) is 0 Å². The highest BCUT2D eigenvalue weighted by molar-refractivity contribution is 5.84. The van der Waals surface area contributed by atoms with E-state index < -0.39 is 23.7 Å². The molecule has 2 aliphatic carbocycles. The van der Waals surface area contributed by atoms with Gasteiger partial charge in [0.25, 0.3) is 0 Å². The number of urea groups is 1. The van der Waals surface area contributed by atoms with Crippen molar-refractivity contribution in [2.75, 3.05) is 6.54 Å². The van der Waals surface area contributed by atoms with E-state index in [1.54, 1.807) is 6.07 Å². The number of hydrogen-bond acceptors (Lipinski definition) is 2. The second kappa shape index (κ2) is 6.33. The number of amides is 3. The molecule has 2 fully saturated rings. The van der Waals surface area contributed by atoms with Crippen LogP contribution in [0, 0.1) is 0 Å². The summed E-state index contributed by atoms with van der Waals surface area (Å²) in [6.45, 7) is -0.192. The zero-order valence-corrected chi connectivity index (χ0v) is 12.8. The number of carbonyl (C=O) groups is 2. The van der Waals surface area contributed by atoms with Crippen molar-refractivity contribution in [2.24, 2.45) is 0 Å². The predicted octanol–water partition coefficient (Wildman–Crippen LogP) is 2.14. The highest BCUT2D eigenvalue weighted by atomic mass is 19.4. The quantitative estimate of drug-likeness (QED) is 0.768. The molecule has 2 atom stereocenters. The Morgan fingerprint density at radius 1 is 1.12 bits per heavy atom. The van der Waals surface area contributed by atoms with Crippen molar-refractivity contribution < 1.29 is 22.8 Å². The van der Waals surface area contributed by atoms with Gasteiger partial charge in [-0.05, 0) is 30.9 Å². The maximum Gasteiger partial charge on any atom is 0.416 e. The zero-order chi connectivity index (χ0) is 17.3. The summed E-state index contributed by atoms with van der Waals surface area (Å²) >= 11 is 0. The van der Waals surface area contributed by atoms with Crippen LogP contribution in [0.2, 0.25) is 0 Å². The summed E-state index contributed by atoms with van der Waals surface area (Å²) in [5.74, 6) is -0.745. The number of halogens is 3. The van der Waals surface area contributed by atoms with Gasteiger partial charge in [-0.25, -0.2) is 4.79 Å². The molecule has 8 heteroatoms. The van der Waals surface area contributed by atoms with Gasteiger partial charge in [0.15, 0.2) is 0 Å². The van der Waals surface area contributed by atoms with Crippen molar-refractivity contribution in [2.45, 2.75) is 43.4 Å². The molecule has 3 amide bonds. The summed E-state index contributed by atoms with van der Waals surface area (Å²) in [6, 6.07) is 4.88. The van der Waals surface area contributed by atoms with Gasteiger partial charge in [-0.1, -0.05) is 18.2 Å². The van der Waals surface area contributed by atoms with E-state index in [0.717, 1.165) is 18.9 Å². The van der Waals surface area contributed by atoms with Crippen LogP contribution in [0.1, 0.15) is 36.3 Å². The molecular weight excluding hydrogens is 323 g/mol. The SMILES string of the molecule is O=C(CNC(=O)NC1CC1)N[C@H]1C[C@H]1c1ccccc1C(F)(F)F. The van der Waals surface area contributed by atoms with Crippen molar-refractivity contribution in [1.82, 2.24) is 16.0 Å². The molecule has 1 aromatic carbocycles. The van der Waals surface area contributed by atoms with Crippen LogP contribution < -0.4 is 16.0 Å². The van der Waals surface area contributed by atoms with E-state index in [1.165, 1.54) is 12.1 Å². The van der Waals surface area contributed by atoms with Gasteiger partial charge in [-0.15, -0.1) is 0 Å². The normalized spacial score (nSPS) is 22.6. The largest absolute Gasteiger partial charge is 0.416 e. The Kier molecular flexibility index (Phi) is 4.38. The smallest absolute Gasteiger partial charge is 0.351 e. The molecule has 2 aliphatic rings. The lowest BCUT2D eigenvalue weighted by Crippen LogP contribution is -2.43. The van der Waals surface area contributed by atoms with Crippen LogP contribution in [-0.4, -0.2) is 30.6 Å². The molecule has 0 spiro atoms. The van der Waals surface area contributed by atoms with Crippen molar-refractivity contribution in [3.05, 3.63) is 35.4 Å². The first-order valence-electron chi connectivity index (χ1n) is 7.84. The van der Waals surface area contributed by atoms with Crippen molar-refractivity contribution in [1.29, 1.82) is 0 Å². The zero-order valence-electron chi connectivity index (χ0n) is 12.8. The first kappa shape index (κ1) is 16.6. The number of hydrogen-bond donors (Lipinski definition) is 3. The Morgan fingerprint density at radius 3 is 2.50 bits per heavy atom. The van der Waals surface area contributed by atoms with E-state index in [-0.39, 0.29) is 30.1 Å². The van der Waals surface area contributed by atoms with Crippen LogP contribution in [0.15, 0.2) is 24.3 Å². The average Bonchev–Trinajstić information content (AvgIpc) is 3.41. The molecule has 1 aromatic rings. The molecule has 130 valence electrons. The molecule has 0 bridgehead atoms. The van der Waals surface area contributed by atoms with E-state index in [2.05, 4.69) is 16.0 Å². The van der Waals surface area contributed by atoms with Crippen molar-refractivity contribution >= 4 is 11.9 Å². The summed E-state index contributed by atoms with van der Waals surface area (Å²) < 4.78 is 39.0. The van der Waals surface area contributed by atoms with Crippen LogP contribution in [-0.2, 0) is 11.0 Å². The van der Waals surface area contributed by atoms with E-state index in [0.29, 0.717) is 6.42 Å². The Bertz CT molecular complexity index is 644. The third-order valence-corrected chi connectivity index (χ3v) is 4.12. The Labute approximate surface area is 137 Å². The highest BCUT2D eigenvalue weighted by Crippen LogP contribution is 2.46. The first-order valence-corrected chi connectivity index (χ1v) is 7.84. The molecule has 0 saturated heterocycles. The van der Waals surface area contributed by atoms with E-state index in [1.807, 2.05) is 0 Å². The summed E-state index contributed by atoms with van der Waals surface area (Å²) in [7, 11) is 0. The maximum atomic E-state index is 13.0. The number of carbonyl (C=O) groups excluding carboxylic acids is 2. The van der Waals surface area contributed by atoms with Crippen molar-refractivity contribution in [3.63, 3.8) is 0 Å². The molecular formula is C16H18F3N3O2. The summed E-state index contributed by atoms with van der Waals surface area (Å²) in [6.07, 6.45) is -2.05. The van der Waals surface area contributed by atoms with Crippen LogP contribution >= 0.6 is 0 Å². The predicted molar refractivity (Wildman–Crippen MR) is 80.3 cm³/mol. The second-order valence-corrected chi connectivity index (χ2v) is 6.20. The van der Waals surface area contributed by atoms with Gasteiger partial charge in [0.05, 0.1) is 12.1 Å². The van der Waals surface area contributed by atoms with Gasteiger partial charge in [0, 0.05) is 18.0 Å². The molecule has 0 aromatic heterocycles. The minimum atomic E-state index is -4.41. The Morgan fingerprint density at radius 2 is 1.83 bits per heavy atom. The third kappa shape index (κ3) is 4.18. The fourth-order valence-electron chi connectivity index (χ4n) is 2.66. The fraction of sp³-hybridized carbons (Fsp3) is 0.500. The third-order valence-electron chi connectivity index (χ3n) is 4.12. The average molecular weight is 341 g/mol. The number of alkyl halides is 3. The standard InChI is InChI=1S/C16H18F3N3O2/c17-16(18,19)12-4-2-1-3-10(12)11-7-13(11)22-14(23)8-20-15(24)21-9-5-6-9/h1-4,9,11,13H,5-8H2,(H,22,23)(H2,20,21,24)/t11-,13-/m0/s1. The number of benzene rings is 1. The number of rotatable bonds is 5. The van der Waals surface area contributed by atoms with Crippen LogP contribution in [0.5, 0.6) is 0 Å². The van der Waals surface area contributed by atoms with Crippen molar-refractivity contribution in [3.8, 4) is 0 Å². The van der Waals surface area contributed by atoms with Crippen LogP contribution in [0.4, 0.5) is 18.0 Å². The molecule has 0 unspecified atom stereocenters. The topological polar surface area (TPSA) is 70.2 Å². The minimum absolute atomic E-state index is 0.192. The first-order chi connectivity index (χ1) is 11.3. The van der Waals surface area contributed by atoms with Gasteiger partial charge < -0.3 is 16.0 Å². The summed E-state index contributed by atoms with van der Waals surface area (Å²) in [5.41, 5.74) is -0.455. The van der Waals surface area contributed by atoms with Crippen LogP contribution in [0.3, 0.4) is 0 Å². The molecule has 0 heterocycles. The lowest BCUT2D eigenvalue weighted by atomic mass is 10.0. The molecule has 0 radical (unpaired) electrons. The lowest BCUT2D eigenvalue weighted by molar-refractivity contribution is -0.138. The maximum absolute atomic E-state index is 13.0. The van der Waals surface area contributed by atoms with E-state index in [4.69, 9.17) is 0 Å². The van der Waals surface area contributed by atoms with Gasteiger partial charge in [-0.3, -0.25) is 4.79 Å². The molecule has 24 heavy (non-hydrogen) atoms. The Hall–Kier alpha value is -2.25. The molecule has 2 saturated carbocycles. The molecule has 0 aliphatic heterocycles. The highest BCUT2D eigenvalue weighted by Gasteiger charge is 2.44. The van der Waals surface area contributed by atoms with Gasteiger partial charge >= 0.3 is 12.2 Å². The lowest BCUT2D eigenvalue weighted by Gasteiger charge is -2.13. The number of nitrogens with one attached hydrogen (secondary N) is 3. The van der Waals surface area contributed by atoms with Gasteiger partial charge in [0.2, 0.25) is 5.91 Å². The molecule has 3 N–H and O–H groups in total. The molecule has 5 nitrogen and oxygen atoms in total. The van der Waals surface area contributed by atoms with E-state index in [9.17, 15) is 22.8 Å². The Balaban J connectivity index is 1.49.